The number of unbranched alkanes of at least 4 members (excludes halogenated alkanes) is 2. The Morgan fingerprint density at radius 1 is 1.37 bits per heavy atom. The Kier molecular flexibility index (Phi) is 8.80. The maximum absolute atomic E-state index is 12.2. The molecule has 10 nitrogen and oxygen atoms in total. The third-order valence-corrected chi connectivity index (χ3v) is 3.47. The number of anilines is 1. The molecule has 0 atom stereocenters. The Bertz CT molecular complexity index is 769. The second-order valence-electron chi connectivity index (χ2n) is 5.42. The van der Waals surface area contributed by atoms with Crippen molar-refractivity contribution >= 4 is 23.3 Å². The average Bonchev–Trinajstić information content (AvgIpc) is 2.63. The molecule has 0 radical (unpaired) electrons. The molecular formula is C17H20N4O6. The number of carbonyl (C=O) groups is 2. The van der Waals surface area contributed by atoms with Crippen LogP contribution in [-0.2, 0) is 9.59 Å². The first-order valence-electron chi connectivity index (χ1n) is 8.08. The molecule has 0 aliphatic carbocycles. The Balaban J connectivity index is 2.62. The second-order valence-corrected chi connectivity index (χ2v) is 5.42. The number of ether oxygens (including phenoxy) is 1. The number of amides is 1. The summed E-state index contributed by atoms with van der Waals surface area (Å²) in [6, 6.07) is 5.46. The van der Waals surface area contributed by atoms with Crippen LogP contribution >= 0.6 is 0 Å². The highest BCUT2D eigenvalue weighted by atomic mass is 16.6. The summed E-state index contributed by atoms with van der Waals surface area (Å²) >= 11 is 0. The third kappa shape index (κ3) is 7.43. The third-order valence-electron chi connectivity index (χ3n) is 3.47. The van der Waals surface area contributed by atoms with Gasteiger partial charge in [0.05, 0.1) is 23.8 Å². The van der Waals surface area contributed by atoms with Crippen LogP contribution in [0.2, 0.25) is 0 Å². The molecule has 144 valence electrons. The fourth-order valence-electron chi connectivity index (χ4n) is 2.09. The Morgan fingerprint density at radius 3 is 2.70 bits per heavy atom. The van der Waals surface area contributed by atoms with Crippen LogP contribution in [-0.4, -0.2) is 35.6 Å². The van der Waals surface area contributed by atoms with Crippen LogP contribution in [0.25, 0.3) is 0 Å². The van der Waals surface area contributed by atoms with Gasteiger partial charge in [-0.05, 0) is 18.9 Å². The number of methoxy groups -OCH3 is 1. The monoisotopic (exact) mass is 376 g/mol. The standard InChI is InChI=1S/C17H20N4O6/c1-27-15-9-13(21(25)26)6-7-14(15)20-17(24)12(10-18)11-19-8-4-2-3-5-16(22)23/h6-7,9,11,19H,2-5,8H2,1H3,(H,20,24)(H,22,23)/b12-11-. The number of nitro groups is 1. The van der Waals surface area contributed by atoms with Crippen molar-refractivity contribution in [2.75, 3.05) is 19.0 Å². The van der Waals surface area contributed by atoms with Crippen molar-refractivity contribution in [2.45, 2.75) is 25.7 Å². The zero-order valence-corrected chi connectivity index (χ0v) is 14.7. The topological polar surface area (TPSA) is 155 Å². The van der Waals surface area contributed by atoms with Crippen molar-refractivity contribution in [2.24, 2.45) is 0 Å². The minimum Gasteiger partial charge on any atom is -0.494 e. The van der Waals surface area contributed by atoms with E-state index in [9.17, 15) is 19.7 Å². The van der Waals surface area contributed by atoms with Crippen LogP contribution in [0.4, 0.5) is 11.4 Å². The van der Waals surface area contributed by atoms with Gasteiger partial charge in [-0.25, -0.2) is 0 Å². The molecule has 0 aliphatic heterocycles. The minimum absolute atomic E-state index is 0.0984. The lowest BCUT2D eigenvalue weighted by molar-refractivity contribution is -0.384. The number of carboxylic acids is 1. The number of aliphatic carboxylic acids is 1. The zero-order chi connectivity index (χ0) is 20.2. The Labute approximate surface area is 155 Å². The summed E-state index contributed by atoms with van der Waals surface area (Å²) in [4.78, 5) is 32.8. The van der Waals surface area contributed by atoms with Gasteiger partial charge in [0.15, 0.2) is 0 Å². The number of rotatable bonds is 11. The summed E-state index contributed by atoms with van der Waals surface area (Å²) < 4.78 is 5.02. The van der Waals surface area contributed by atoms with Crippen LogP contribution in [0.1, 0.15) is 25.7 Å². The number of carbonyl (C=O) groups excluding carboxylic acids is 1. The molecule has 1 aromatic rings. The van der Waals surface area contributed by atoms with Crippen molar-refractivity contribution in [1.29, 1.82) is 5.26 Å². The quantitative estimate of drug-likeness (QED) is 0.174. The minimum atomic E-state index is -0.840. The second kappa shape index (κ2) is 11.1. The largest absolute Gasteiger partial charge is 0.494 e. The highest BCUT2D eigenvalue weighted by Crippen LogP contribution is 2.29. The zero-order valence-electron chi connectivity index (χ0n) is 14.7. The lowest BCUT2D eigenvalue weighted by Gasteiger charge is -2.09. The Hall–Kier alpha value is -3.61. The van der Waals surface area contributed by atoms with E-state index in [1.165, 1.54) is 31.5 Å². The van der Waals surface area contributed by atoms with Gasteiger partial charge in [0.2, 0.25) is 0 Å². The van der Waals surface area contributed by atoms with Gasteiger partial charge in [0.1, 0.15) is 17.4 Å². The van der Waals surface area contributed by atoms with Crippen molar-refractivity contribution < 1.29 is 24.4 Å². The van der Waals surface area contributed by atoms with E-state index in [0.29, 0.717) is 25.8 Å². The van der Waals surface area contributed by atoms with Gasteiger partial charge in [0.25, 0.3) is 11.6 Å². The average molecular weight is 376 g/mol. The summed E-state index contributed by atoms with van der Waals surface area (Å²) in [6.07, 6.45) is 3.34. The SMILES string of the molecule is COc1cc([N+](=O)[O-])ccc1NC(=O)/C(C#N)=C\NCCCCCC(=O)O. The smallest absolute Gasteiger partial charge is 0.303 e. The molecule has 1 amide bonds. The number of benzene rings is 1. The van der Waals surface area contributed by atoms with Crippen molar-refractivity contribution in [1.82, 2.24) is 5.32 Å². The van der Waals surface area contributed by atoms with E-state index in [4.69, 9.17) is 15.1 Å². The van der Waals surface area contributed by atoms with E-state index < -0.39 is 16.8 Å². The fraction of sp³-hybridized carbons (Fsp3) is 0.353. The first kappa shape index (κ1) is 21.4. The highest BCUT2D eigenvalue weighted by Gasteiger charge is 2.15. The van der Waals surface area contributed by atoms with Gasteiger partial charge < -0.3 is 20.5 Å². The number of nitrogens with zero attached hydrogens (tertiary/aromatic N) is 2. The van der Waals surface area contributed by atoms with Gasteiger partial charge in [-0.1, -0.05) is 6.42 Å². The highest BCUT2D eigenvalue weighted by molar-refractivity contribution is 6.07. The van der Waals surface area contributed by atoms with Gasteiger partial charge in [0, 0.05) is 25.2 Å². The number of hydrogen-bond donors (Lipinski definition) is 3. The van der Waals surface area contributed by atoms with E-state index in [1.54, 1.807) is 6.07 Å². The van der Waals surface area contributed by atoms with E-state index >= 15 is 0 Å². The number of carboxylic acid groups (broad SMARTS) is 1. The molecule has 1 rings (SSSR count). The molecule has 0 bridgehead atoms. The number of nitro benzene ring substituents is 1. The fourth-order valence-corrected chi connectivity index (χ4v) is 2.09. The normalized spacial score (nSPS) is 10.6. The van der Waals surface area contributed by atoms with E-state index in [-0.39, 0.29) is 29.1 Å². The summed E-state index contributed by atoms with van der Waals surface area (Å²) in [5, 5.41) is 33.7. The molecular weight excluding hydrogens is 356 g/mol. The molecule has 0 saturated carbocycles. The maximum Gasteiger partial charge on any atom is 0.303 e. The van der Waals surface area contributed by atoms with E-state index in [2.05, 4.69) is 10.6 Å². The van der Waals surface area contributed by atoms with Gasteiger partial charge >= 0.3 is 5.97 Å². The molecule has 0 aromatic heterocycles. The summed E-state index contributed by atoms with van der Waals surface area (Å²) in [6.45, 7) is 0.485. The number of hydrogen-bond acceptors (Lipinski definition) is 7. The number of nitriles is 1. The molecule has 0 unspecified atom stereocenters. The van der Waals surface area contributed by atoms with Crippen LogP contribution in [0.5, 0.6) is 5.75 Å². The maximum atomic E-state index is 12.2. The Morgan fingerprint density at radius 2 is 2.11 bits per heavy atom. The molecule has 27 heavy (non-hydrogen) atoms. The van der Waals surface area contributed by atoms with Gasteiger partial charge in [-0.2, -0.15) is 5.26 Å². The lowest BCUT2D eigenvalue weighted by atomic mass is 10.2. The molecule has 3 N–H and O–H groups in total. The first-order valence-corrected chi connectivity index (χ1v) is 8.08. The summed E-state index contributed by atoms with van der Waals surface area (Å²) in [5.74, 6) is -1.43. The van der Waals surface area contributed by atoms with Gasteiger partial charge in [-0.3, -0.25) is 19.7 Å². The van der Waals surface area contributed by atoms with Crippen LogP contribution in [0, 0.1) is 21.4 Å². The molecule has 0 saturated heterocycles. The summed E-state index contributed by atoms with van der Waals surface area (Å²) in [5.41, 5.74) is -0.172. The number of nitrogens with one attached hydrogen (secondary N) is 2. The molecule has 0 aliphatic rings. The lowest BCUT2D eigenvalue weighted by Crippen LogP contribution is -2.17. The van der Waals surface area contributed by atoms with Crippen LogP contribution in [0.3, 0.4) is 0 Å². The van der Waals surface area contributed by atoms with Crippen molar-refractivity contribution in [3.8, 4) is 11.8 Å². The summed E-state index contributed by atoms with van der Waals surface area (Å²) in [7, 11) is 1.31. The molecule has 10 heteroatoms. The van der Waals surface area contributed by atoms with Crippen LogP contribution in [0.15, 0.2) is 30.0 Å². The van der Waals surface area contributed by atoms with Crippen LogP contribution < -0.4 is 15.4 Å². The molecule has 0 spiro atoms. The predicted octanol–water partition coefficient (Wildman–Crippen LogP) is 2.18. The van der Waals surface area contributed by atoms with Crippen molar-refractivity contribution in [3.63, 3.8) is 0 Å². The first-order chi connectivity index (χ1) is 12.9. The van der Waals surface area contributed by atoms with Gasteiger partial charge in [-0.15, -0.1) is 0 Å². The molecule has 1 aromatic carbocycles. The van der Waals surface area contributed by atoms with Crippen molar-refractivity contribution in [3.05, 3.63) is 40.1 Å². The van der Waals surface area contributed by atoms with E-state index in [0.717, 1.165) is 0 Å². The number of non-ortho nitro benzene ring substituents is 1. The predicted molar refractivity (Wildman–Crippen MR) is 96.1 cm³/mol. The molecule has 0 fully saturated rings. The van der Waals surface area contributed by atoms with E-state index in [1.807, 2.05) is 0 Å². The molecule has 0 heterocycles.